The molecule has 0 heteroatoms. The molecule has 0 N–H and O–H groups in total. The van der Waals surface area contributed by atoms with Crippen molar-refractivity contribution in [3.8, 4) is 0 Å². The molecule has 0 nitrogen and oxygen atoms in total. The number of hydrogen-bond acceptors (Lipinski definition) is 0. The van der Waals surface area contributed by atoms with Gasteiger partial charge in [0.05, 0.1) is 0 Å². The monoisotopic (exact) mass is 212 g/mol. The lowest BCUT2D eigenvalue weighted by molar-refractivity contribution is 1.17. The molecular formula is C16H20. The molecule has 0 heterocycles. The maximum absolute atomic E-state index is 3.77. The summed E-state index contributed by atoms with van der Waals surface area (Å²) in [5.41, 5.74) is 5.22. The fourth-order valence-electron chi connectivity index (χ4n) is 1.65. The third kappa shape index (κ3) is 3.90. The van der Waals surface area contributed by atoms with Crippen LogP contribution in [0.3, 0.4) is 0 Å². The highest BCUT2D eigenvalue weighted by atomic mass is 14.0. The Morgan fingerprint density at radius 3 is 2.69 bits per heavy atom. The Balaban J connectivity index is 2.83. The Morgan fingerprint density at radius 2 is 2.12 bits per heavy atom. The van der Waals surface area contributed by atoms with E-state index < -0.39 is 0 Å². The van der Waals surface area contributed by atoms with Crippen molar-refractivity contribution >= 4 is 0 Å². The molecule has 0 spiro atoms. The Morgan fingerprint density at radius 1 is 1.38 bits per heavy atom. The van der Waals surface area contributed by atoms with Crippen LogP contribution in [-0.4, -0.2) is 0 Å². The van der Waals surface area contributed by atoms with Gasteiger partial charge in [0.15, 0.2) is 0 Å². The third-order valence-corrected chi connectivity index (χ3v) is 2.60. The first-order valence-electron chi connectivity index (χ1n) is 5.67. The molecule has 0 atom stereocenters. The zero-order valence-corrected chi connectivity index (χ0v) is 10.5. The lowest BCUT2D eigenvalue weighted by Crippen LogP contribution is -1.89. The molecule has 0 bridgehead atoms. The minimum atomic E-state index is 0.989. The smallest absolute Gasteiger partial charge is 0.00288 e. The molecule has 1 aromatic carbocycles. The topological polar surface area (TPSA) is 0 Å². The summed E-state index contributed by atoms with van der Waals surface area (Å²) in [7, 11) is 0. The van der Waals surface area contributed by atoms with E-state index in [1.54, 1.807) is 0 Å². The standard InChI is InChI=1S/C16H20/c1-5-13(3)10-15(6-2)12-16-9-7-8-14(4)11-16/h5-11H,1,12H2,2-4H3/b13-10-,15-6+. The zero-order chi connectivity index (χ0) is 12.0. The first-order chi connectivity index (χ1) is 7.65. The van der Waals surface area contributed by atoms with Crippen LogP contribution in [0.15, 0.2) is 60.2 Å². The summed E-state index contributed by atoms with van der Waals surface area (Å²) < 4.78 is 0. The molecule has 1 aromatic rings. The molecule has 16 heavy (non-hydrogen) atoms. The number of benzene rings is 1. The van der Waals surface area contributed by atoms with Crippen molar-refractivity contribution in [3.05, 3.63) is 71.3 Å². The molecule has 0 aromatic heterocycles. The number of rotatable bonds is 4. The van der Waals surface area contributed by atoms with Crippen LogP contribution in [-0.2, 0) is 6.42 Å². The van der Waals surface area contributed by atoms with Crippen LogP contribution in [0.25, 0.3) is 0 Å². The predicted octanol–water partition coefficient (Wildman–Crippen LogP) is 4.62. The Labute approximate surface area is 99.0 Å². The Kier molecular flexibility index (Phi) is 4.78. The quantitative estimate of drug-likeness (QED) is 0.639. The molecule has 1 rings (SSSR count). The van der Waals surface area contributed by atoms with Crippen LogP contribution in [0.2, 0.25) is 0 Å². The molecule has 0 radical (unpaired) electrons. The first-order valence-corrected chi connectivity index (χ1v) is 5.67. The predicted molar refractivity (Wildman–Crippen MR) is 72.6 cm³/mol. The summed E-state index contributed by atoms with van der Waals surface area (Å²) >= 11 is 0. The van der Waals surface area contributed by atoms with E-state index in [0.717, 1.165) is 6.42 Å². The fourth-order valence-corrected chi connectivity index (χ4v) is 1.65. The molecular weight excluding hydrogens is 192 g/mol. The van der Waals surface area contributed by atoms with Crippen LogP contribution in [0.5, 0.6) is 0 Å². The maximum Gasteiger partial charge on any atom is -0.00288 e. The van der Waals surface area contributed by atoms with Gasteiger partial charge < -0.3 is 0 Å². The second-order valence-electron chi connectivity index (χ2n) is 4.12. The van der Waals surface area contributed by atoms with E-state index in [4.69, 9.17) is 0 Å². The van der Waals surface area contributed by atoms with Gasteiger partial charge >= 0.3 is 0 Å². The number of aryl methyl sites for hydroxylation is 1. The van der Waals surface area contributed by atoms with Gasteiger partial charge in [-0.3, -0.25) is 0 Å². The molecule has 0 saturated heterocycles. The molecule has 0 fully saturated rings. The normalized spacial score (nSPS) is 12.7. The molecule has 0 saturated carbocycles. The SMILES string of the molecule is C=C/C(C)=C\C(=C/C)Cc1cccc(C)c1. The molecule has 0 aliphatic rings. The van der Waals surface area contributed by atoms with Crippen molar-refractivity contribution in [1.82, 2.24) is 0 Å². The second-order valence-corrected chi connectivity index (χ2v) is 4.12. The van der Waals surface area contributed by atoms with E-state index in [0.29, 0.717) is 0 Å². The van der Waals surface area contributed by atoms with Crippen LogP contribution in [0.4, 0.5) is 0 Å². The lowest BCUT2D eigenvalue weighted by Gasteiger charge is -2.04. The summed E-state index contributed by atoms with van der Waals surface area (Å²) in [5, 5.41) is 0. The van der Waals surface area contributed by atoms with Gasteiger partial charge in [0.25, 0.3) is 0 Å². The summed E-state index contributed by atoms with van der Waals surface area (Å²) in [4.78, 5) is 0. The van der Waals surface area contributed by atoms with E-state index in [2.05, 4.69) is 63.8 Å². The average molecular weight is 212 g/mol. The van der Waals surface area contributed by atoms with Crippen molar-refractivity contribution in [2.45, 2.75) is 27.2 Å². The van der Waals surface area contributed by atoms with E-state index in [1.165, 1.54) is 22.3 Å². The zero-order valence-electron chi connectivity index (χ0n) is 10.5. The van der Waals surface area contributed by atoms with Crippen molar-refractivity contribution in [1.29, 1.82) is 0 Å². The minimum Gasteiger partial charge on any atom is -0.0988 e. The van der Waals surface area contributed by atoms with Gasteiger partial charge in [0.2, 0.25) is 0 Å². The van der Waals surface area contributed by atoms with Gasteiger partial charge in [-0.25, -0.2) is 0 Å². The summed E-state index contributed by atoms with van der Waals surface area (Å²) in [6, 6.07) is 8.65. The van der Waals surface area contributed by atoms with Gasteiger partial charge in [0.1, 0.15) is 0 Å². The highest BCUT2D eigenvalue weighted by molar-refractivity contribution is 5.34. The van der Waals surface area contributed by atoms with Crippen LogP contribution in [0, 0.1) is 6.92 Å². The van der Waals surface area contributed by atoms with Gasteiger partial charge in [-0.1, -0.05) is 60.2 Å². The third-order valence-electron chi connectivity index (χ3n) is 2.60. The molecule has 0 aliphatic carbocycles. The van der Waals surface area contributed by atoms with Crippen LogP contribution < -0.4 is 0 Å². The summed E-state index contributed by atoms with van der Waals surface area (Å²) in [5.74, 6) is 0. The summed E-state index contributed by atoms with van der Waals surface area (Å²) in [6.07, 6.45) is 7.23. The second kappa shape index (κ2) is 6.12. The van der Waals surface area contributed by atoms with Gasteiger partial charge in [-0.05, 0) is 38.3 Å². The van der Waals surface area contributed by atoms with Crippen molar-refractivity contribution in [3.63, 3.8) is 0 Å². The van der Waals surface area contributed by atoms with Gasteiger partial charge in [0, 0.05) is 0 Å². The number of hydrogen-bond donors (Lipinski definition) is 0. The molecule has 0 amide bonds. The molecule has 0 aliphatic heterocycles. The highest BCUT2D eigenvalue weighted by Gasteiger charge is 1.97. The van der Waals surface area contributed by atoms with Crippen molar-refractivity contribution < 1.29 is 0 Å². The molecule has 84 valence electrons. The molecule has 0 unspecified atom stereocenters. The lowest BCUT2D eigenvalue weighted by atomic mass is 10.0. The van der Waals surface area contributed by atoms with Crippen LogP contribution in [0.1, 0.15) is 25.0 Å². The van der Waals surface area contributed by atoms with Gasteiger partial charge in [-0.15, -0.1) is 0 Å². The Hall–Kier alpha value is -1.56. The van der Waals surface area contributed by atoms with E-state index in [9.17, 15) is 0 Å². The highest BCUT2D eigenvalue weighted by Crippen LogP contribution is 2.13. The number of allylic oxidation sites excluding steroid dienone is 5. The largest absolute Gasteiger partial charge is 0.0988 e. The van der Waals surface area contributed by atoms with Gasteiger partial charge in [-0.2, -0.15) is 0 Å². The summed E-state index contributed by atoms with van der Waals surface area (Å²) in [6.45, 7) is 10.1. The van der Waals surface area contributed by atoms with E-state index in [1.807, 2.05) is 6.08 Å². The first kappa shape index (κ1) is 12.5. The van der Waals surface area contributed by atoms with Crippen molar-refractivity contribution in [2.24, 2.45) is 0 Å². The Bertz CT molecular complexity index is 419. The van der Waals surface area contributed by atoms with Crippen molar-refractivity contribution in [2.75, 3.05) is 0 Å². The van der Waals surface area contributed by atoms with E-state index in [-0.39, 0.29) is 0 Å². The maximum atomic E-state index is 3.77. The minimum absolute atomic E-state index is 0.989. The fraction of sp³-hybridized carbons (Fsp3) is 0.250. The van der Waals surface area contributed by atoms with E-state index >= 15 is 0 Å². The average Bonchev–Trinajstić information content (AvgIpc) is 2.28. The van der Waals surface area contributed by atoms with Crippen LogP contribution >= 0.6 is 0 Å².